The molecule has 0 rings (SSSR count). The van der Waals surface area contributed by atoms with E-state index in [1.807, 2.05) is 97.1 Å². The minimum atomic E-state index is 0.841. The predicted octanol–water partition coefficient (Wildman–Crippen LogP) is 6.18. The number of hydrogen-bond donors (Lipinski definition) is 0. The molecule has 0 unspecified atom stereocenters. The Bertz CT molecular complexity index is 261. The lowest BCUT2D eigenvalue weighted by Gasteiger charge is -1.97. The number of rotatable bonds is 4. The van der Waals surface area contributed by atoms with Crippen molar-refractivity contribution in [3.05, 3.63) is 60.6 Å². The van der Waals surface area contributed by atoms with Crippen molar-refractivity contribution >= 4 is 0 Å². The Kier molecular flexibility index (Phi) is 29.8. The summed E-state index contributed by atoms with van der Waals surface area (Å²) < 4.78 is 5.28. The van der Waals surface area contributed by atoms with Gasteiger partial charge in [-0.3, -0.25) is 0 Å². The van der Waals surface area contributed by atoms with Gasteiger partial charge in [-0.15, -0.1) is 0 Å². The van der Waals surface area contributed by atoms with Crippen LogP contribution >= 0.6 is 0 Å². The summed E-state index contributed by atoms with van der Waals surface area (Å²) in [6.45, 7) is 13.9. The fourth-order valence-corrected chi connectivity index (χ4v) is 0.636. The zero-order valence-corrected chi connectivity index (χ0v) is 13.1. The van der Waals surface area contributed by atoms with E-state index in [9.17, 15) is 0 Å². The SMILES string of the molecule is C/C=C\C.CC.C\C=C/C(=C\C=C\C)O/C=C/C. The minimum Gasteiger partial charge on any atom is -0.465 e. The van der Waals surface area contributed by atoms with Crippen LogP contribution in [0.15, 0.2) is 60.6 Å². The van der Waals surface area contributed by atoms with Gasteiger partial charge in [-0.1, -0.05) is 50.3 Å². The molecule has 0 aliphatic heterocycles. The molecule has 18 heavy (non-hydrogen) atoms. The molecule has 0 heterocycles. The summed E-state index contributed by atoms with van der Waals surface area (Å²) in [6.07, 6.45) is 17.2. The molecule has 0 saturated carbocycles. The predicted molar refractivity (Wildman–Crippen MR) is 85.4 cm³/mol. The third-order valence-electron chi connectivity index (χ3n) is 1.46. The molecule has 0 saturated heterocycles. The van der Waals surface area contributed by atoms with Gasteiger partial charge in [0, 0.05) is 0 Å². The van der Waals surface area contributed by atoms with E-state index in [1.165, 1.54) is 0 Å². The van der Waals surface area contributed by atoms with E-state index in [0.29, 0.717) is 0 Å². The summed E-state index contributed by atoms with van der Waals surface area (Å²) in [4.78, 5) is 0. The Balaban J connectivity index is -0.000000317. The van der Waals surface area contributed by atoms with Crippen molar-refractivity contribution in [2.75, 3.05) is 0 Å². The minimum absolute atomic E-state index is 0.841. The Morgan fingerprint density at radius 2 is 1.28 bits per heavy atom. The zero-order chi connectivity index (χ0) is 14.6. The van der Waals surface area contributed by atoms with Gasteiger partial charge < -0.3 is 4.74 Å². The second kappa shape index (κ2) is 24.6. The van der Waals surface area contributed by atoms with E-state index in [1.54, 1.807) is 6.26 Å². The van der Waals surface area contributed by atoms with Gasteiger partial charge in [0.25, 0.3) is 0 Å². The van der Waals surface area contributed by atoms with Gasteiger partial charge >= 0.3 is 0 Å². The number of ether oxygens (including phenoxy) is 1. The smallest absolute Gasteiger partial charge is 0.126 e. The normalized spacial score (nSPS) is 11.6. The van der Waals surface area contributed by atoms with Gasteiger partial charge in [-0.2, -0.15) is 0 Å². The Morgan fingerprint density at radius 3 is 1.61 bits per heavy atom. The van der Waals surface area contributed by atoms with Crippen molar-refractivity contribution in [1.82, 2.24) is 0 Å². The lowest BCUT2D eigenvalue weighted by atomic mass is 10.4. The second-order valence-corrected chi connectivity index (χ2v) is 2.85. The molecular formula is C17H30O. The molecule has 0 aliphatic rings. The molecule has 0 fully saturated rings. The summed E-state index contributed by atoms with van der Waals surface area (Å²) in [5, 5.41) is 0. The molecule has 1 heteroatoms. The highest BCUT2D eigenvalue weighted by molar-refractivity contribution is 5.18. The highest BCUT2D eigenvalue weighted by Gasteiger charge is 1.84. The summed E-state index contributed by atoms with van der Waals surface area (Å²) in [5.74, 6) is 0.841. The van der Waals surface area contributed by atoms with Crippen LogP contribution in [0, 0.1) is 0 Å². The van der Waals surface area contributed by atoms with E-state index in [0.717, 1.165) is 5.76 Å². The van der Waals surface area contributed by atoms with Crippen LogP contribution in [0.2, 0.25) is 0 Å². The largest absolute Gasteiger partial charge is 0.465 e. The van der Waals surface area contributed by atoms with Crippen LogP contribution in [0.3, 0.4) is 0 Å². The zero-order valence-electron chi connectivity index (χ0n) is 13.1. The lowest BCUT2D eigenvalue weighted by molar-refractivity contribution is 0.367. The van der Waals surface area contributed by atoms with E-state index in [2.05, 4.69) is 0 Å². The summed E-state index contributed by atoms with van der Waals surface area (Å²) in [7, 11) is 0. The molecule has 104 valence electrons. The topological polar surface area (TPSA) is 9.23 Å². The van der Waals surface area contributed by atoms with Gasteiger partial charge in [0.05, 0.1) is 6.26 Å². The maximum Gasteiger partial charge on any atom is 0.126 e. The standard InChI is InChI=1S/C11H16O.C4H8.C2H6/c1-4-7-9-11(8-5-2)12-10-6-3;1-3-4-2;1-2/h4-10H,1-3H3;3-4H,1-2H3;1-2H3/b7-4+,8-5-,10-6+,11-9+;4-3-;. The molecule has 0 aromatic rings. The molecule has 0 radical (unpaired) electrons. The Hall–Kier alpha value is -1.50. The Morgan fingerprint density at radius 1 is 0.722 bits per heavy atom. The number of allylic oxidation sites excluding steroid dienone is 8. The summed E-state index contributed by atoms with van der Waals surface area (Å²) >= 11 is 0. The maximum atomic E-state index is 5.28. The molecule has 0 aromatic carbocycles. The van der Waals surface area contributed by atoms with Gasteiger partial charge in [-0.25, -0.2) is 0 Å². The second-order valence-electron chi connectivity index (χ2n) is 2.85. The first-order valence-corrected chi connectivity index (χ1v) is 6.57. The van der Waals surface area contributed by atoms with Crippen LogP contribution in [0.1, 0.15) is 48.5 Å². The van der Waals surface area contributed by atoms with Crippen molar-refractivity contribution in [1.29, 1.82) is 0 Å². The maximum absolute atomic E-state index is 5.28. The van der Waals surface area contributed by atoms with Gasteiger partial charge in [0.2, 0.25) is 0 Å². The molecule has 0 spiro atoms. The van der Waals surface area contributed by atoms with Crippen molar-refractivity contribution in [3.63, 3.8) is 0 Å². The highest BCUT2D eigenvalue weighted by atomic mass is 16.5. The fourth-order valence-electron chi connectivity index (χ4n) is 0.636. The number of hydrogen-bond acceptors (Lipinski definition) is 1. The van der Waals surface area contributed by atoms with Crippen molar-refractivity contribution in [3.8, 4) is 0 Å². The van der Waals surface area contributed by atoms with E-state index in [-0.39, 0.29) is 0 Å². The van der Waals surface area contributed by atoms with Gasteiger partial charge in [0.15, 0.2) is 0 Å². The first-order chi connectivity index (χ1) is 8.76. The first kappa shape index (κ1) is 21.8. The third-order valence-corrected chi connectivity index (χ3v) is 1.46. The van der Waals surface area contributed by atoms with Gasteiger partial charge in [0.1, 0.15) is 5.76 Å². The van der Waals surface area contributed by atoms with Crippen molar-refractivity contribution in [2.45, 2.75) is 48.5 Å². The van der Waals surface area contributed by atoms with E-state index < -0.39 is 0 Å². The van der Waals surface area contributed by atoms with E-state index in [4.69, 9.17) is 4.74 Å². The molecule has 0 N–H and O–H groups in total. The van der Waals surface area contributed by atoms with Crippen LogP contribution in [0.25, 0.3) is 0 Å². The van der Waals surface area contributed by atoms with Crippen LogP contribution in [0.5, 0.6) is 0 Å². The van der Waals surface area contributed by atoms with Crippen LogP contribution in [0.4, 0.5) is 0 Å². The molecule has 0 aliphatic carbocycles. The average Bonchev–Trinajstić information content (AvgIpc) is 2.44. The molecule has 1 nitrogen and oxygen atoms in total. The molecule has 0 amide bonds. The van der Waals surface area contributed by atoms with Crippen molar-refractivity contribution in [2.24, 2.45) is 0 Å². The quantitative estimate of drug-likeness (QED) is 0.329. The highest BCUT2D eigenvalue weighted by Crippen LogP contribution is 2.00. The monoisotopic (exact) mass is 250 g/mol. The van der Waals surface area contributed by atoms with E-state index >= 15 is 0 Å². The molecular weight excluding hydrogens is 220 g/mol. The van der Waals surface area contributed by atoms with Gasteiger partial charge in [-0.05, 0) is 46.8 Å². The summed E-state index contributed by atoms with van der Waals surface area (Å²) in [6, 6.07) is 0. The average molecular weight is 250 g/mol. The molecule has 0 bridgehead atoms. The fraction of sp³-hybridized carbons (Fsp3) is 0.412. The summed E-state index contributed by atoms with van der Waals surface area (Å²) in [5.41, 5.74) is 0. The lowest BCUT2D eigenvalue weighted by Crippen LogP contribution is -1.78. The van der Waals surface area contributed by atoms with Crippen molar-refractivity contribution < 1.29 is 4.74 Å². The van der Waals surface area contributed by atoms with Crippen LogP contribution in [-0.4, -0.2) is 0 Å². The van der Waals surface area contributed by atoms with Crippen LogP contribution < -0.4 is 0 Å². The first-order valence-electron chi connectivity index (χ1n) is 6.57. The third kappa shape index (κ3) is 24.0. The Labute approximate surface area is 114 Å². The molecule has 0 aromatic heterocycles. The van der Waals surface area contributed by atoms with Crippen LogP contribution in [-0.2, 0) is 4.74 Å². The molecule has 0 atom stereocenters.